The van der Waals surface area contributed by atoms with Crippen LogP contribution in [0.25, 0.3) is 23.0 Å². The van der Waals surface area contributed by atoms with Gasteiger partial charge in [-0.3, -0.25) is 9.69 Å². The number of rotatable bonds is 9. The molecule has 6 nitrogen and oxygen atoms in total. The monoisotopic (exact) mass is 533 g/mol. The first kappa shape index (κ1) is 25.7. The molecule has 37 heavy (non-hydrogen) atoms. The number of hydrogen-bond donors (Lipinski definition) is 0. The number of amides is 1. The minimum absolute atomic E-state index is 0.0551. The van der Waals surface area contributed by atoms with Gasteiger partial charge < -0.3 is 9.47 Å². The SMILES string of the molecule is CC(C)CCOc1ccc(-c2nn(-c3ccccc3)cc2/C=C2\SC(=S)N(C[C@@H]3CCCO3)C2=O)cc1. The van der Waals surface area contributed by atoms with Gasteiger partial charge in [0.1, 0.15) is 10.1 Å². The number of hydrogen-bond acceptors (Lipinski definition) is 6. The molecule has 2 aliphatic rings. The highest BCUT2D eigenvalue weighted by Crippen LogP contribution is 2.36. The molecule has 0 unspecified atom stereocenters. The number of carbonyl (C=O) groups is 1. The van der Waals surface area contributed by atoms with Gasteiger partial charge in [-0.2, -0.15) is 5.10 Å². The molecular formula is C29H31N3O3S2. The van der Waals surface area contributed by atoms with Gasteiger partial charge in [-0.15, -0.1) is 0 Å². The van der Waals surface area contributed by atoms with Gasteiger partial charge >= 0.3 is 0 Å². The van der Waals surface area contributed by atoms with Crippen LogP contribution >= 0.6 is 24.0 Å². The van der Waals surface area contributed by atoms with Crippen molar-refractivity contribution in [3.05, 3.63) is 71.3 Å². The molecule has 3 aromatic rings. The summed E-state index contributed by atoms with van der Waals surface area (Å²) < 4.78 is 14.1. The number of carbonyl (C=O) groups excluding carboxylic acids is 1. The lowest BCUT2D eigenvalue weighted by molar-refractivity contribution is -0.123. The van der Waals surface area contributed by atoms with Crippen LogP contribution in [-0.2, 0) is 9.53 Å². The molecule has 2 aromatic carbocycles. The Bertz CT molecular complexity index is 1280. The van der Waals surface area contributed by atoms with Crippen LogP contribution in [0.1, 0.15) is 38.7 Å². The Labute approximate surface area is 227 Å². The maximum atomic E-state index is 13.3. The summed E-state index contributed by atoms with van der Waals surface area (Å²) in [5.41, 5.74) is 3.55. The van der Waals surface area contributed by atoms with Gasteiger partial charge in [-0.05, 0) is 67.7 Å². The summed E-state index contributed by atoms with van der Waals surface area (Å²) in [6, 6.07) is 17.9. The average Bonchev–Trinajstić information content (AvgIpc) is 3.62. The van der Waals surface area contributed by atoms with Crippen molar-refractivity contribution in [1.82, 2.24) is 14.7 Å². The highest BCUT2D eigenvalue weighted by atomic mass is 32.2. The smallest absolute Gasteiger partial charge is 0.266 e. The van der Waals surface area contributed by atoms with Crippen LogP contribution in [0.15, 0.2) is 65.7 Å². The Morgan fingerprint density at radius 2 is 1.97 bits per heavy atom. The summed E-state index contributed by atoms with van der Waals surface area (Å²) in [7, 11) is 0. The third kappa shape index (κ3) is 6.14. The quantitative estimate of drug-likeness (QED) is 0.236. The van der Waals surface area contributed by atoms with Crippen LogP contribution in [0.4, 0.5) is 0 Å². The van der Waals surface area contributed by atoms with E-state index in [0.29, 0.717) is 28.3 Å². The topological polar surface area (TPSA) is 56.6 Å². The van der Waals surface area contributed by atoms with Crippen molar-refractivity contribution in [1.29, 1.82) is 0 Å². The molecule has 0 saturated carbocycles. The van der Waals surface area contributed by atoms with Gasteiger partial charge in [0.2, 0.25) is 0 Å². The molecule has 0 radical (unpaired) electrons. The number of thiocarbonyl (C=S) groups is 1. The van der Waals surface area contributed by atoms with Crippen LogP contribution in [0.5, 0.6) is 5.75 Å². The summed E-state index contributed by atoms with van der Waals surface area (Å²) >= 11 is 6.89. The van der Waals surface area contributed by atoms with E-state index >= 15 is 0 Å². The fourth-order valence-electron chi connectivity index (χ4n) is 4.34. The molecule has 3 heterocycles. The number of thioether (sulfide) groups is 1. The summed E-state index contributed by atoms with van der Waals surface area (Å²) in [4.78, 5) is 15.6. The van der Waals surface area contributed by atoms with Gasteiger partial charge in [-0.25, -0.2) is 4.68 Å². The second-order valence-corrected chi connectivity index (χ2v) is 11.4. The summed E-state index contributed by atoms with van der Waals surface area (Å²) in [5.74, 6) is 1.36. The largest absolute Gasteiger partial charge is 0.494 e. The Kier molecular flexibility index (Phi) is 8.08. The van der Waals surface area contributed by atoms with E-state index in [4.69, 9.17) is 26.8 Å². The molecule has 1 aromatic heterocycles. The van der Waals surface area contributed by atoms with E-state index in [1.54, 1.807) is 4.90 Å². The fraction of sp³-hybridized carbons (Fsp3) is 0.345. The first-order valence-electron chi connectivity index (χ1n) is 12.7. The standard InChI is InChI=1S/C29H31N3O3S2/c1-20(2)14-16-35-24-12-10-21(11-13-24)27-22(18-32(30-27)23-7-4-3-5-8-23)17-26-28(33)31(29(36)37-26)19-25-9-6-15-34-25/h3-5,7-8,10-13,17-18,20,25H,6,9,14-16,19H2,1-2H3/b26-17-/t25-/m0/s1. The van der Waals surface area contributed by atoms with E-state index in [1.165, 1.54) is 11.8 Å². The molecule has 2 saturated heterocycles. The molecule has 1 amide bonds. The van der Waals surface area contributed by atoms with Crippen molar-refractivity contribution in [2.45, 2.75) is 39.2 Å². The Morgan fingerprint density at radius 1 is 1.19 bits per heavy atom. The van der Waals surface area contributed by atoms with Crippen molar-refractivity contribution in [3.63, 3.8) is 0 Å². The van der Waals surface area contributed by atoms with Crippen molar-refractivity contribution >= 4 is 40.3 Å². The lowest BCUT2D eigenvalue weighted by atomic mass is 10.1. The van der Waals surface area contributed by atoms with E-state index in [-0.39, 0.29) is 12.0 Å². The molecule has 192 valence electrons. The van der Waals surface area contributed by atoms with Crippen LogP contribution < -0.4 is 4.74 Å². The minimum atomic E-state index is -0.0715. The van der Waals surface area contributed by atoms with E-state index in [2.05, 4.69) is 13.8 Å². The first-order chi connectivity index (χ1) is 18.0. The average molecular weight is 534 g/mol. The van der Waals surface area contributed by atoms with Crippen LogP contribution in [0, 0.1) is 5.92 Å². The van der Waals surface area contributed by atoms with Gasteiger partial charge in [-0.1, -0.05) is 56.0 Å². The number of aromatic nitrogens is 2. The molecular weight excluding hydrogens is 502 g/mol. The highest BCUT2D eigenvalue weighted by molar-refractivity contribution is 8.26. The second-order valence-electron chi connectivity index (χ2n) is 9.70. The van der Waals surface area contributed by atoms with Gasteiger partial charge in [0, 0.05) is 23.9 Å². The predicted octanol–water partition coefficient (Wildman–Crippen LogP) is 6.34. The van der Waals surface area contributed by atoms with Crippen molar-refractivity contribution in [3.8, 4) is 22.7 Å². The number of nitrogens with zero attached hydrogens (tertiary/aromatic N) is 3. The minimum Gasteiger partial charge on any atom is -0.494 e. The van der Waals surface area contributed by atoms with Gasteiger partial charge in [0.15, 0.2) is 0 Å². The zero-order chi connectivity index (χ0) is 25.8. The zero-order valence-corrected chi connectivity index (χ0v) is 22.8. The number of para-hydroxylation sites is 1. The van der Waals surface area contributed by atoms with Crippen molar-refractivity contribution in [2.24, 2.45) is 5.92 Å². The zero-order valence-electron chi connectivity index (χ0n) is 21.1. The summed E-state index contributed by atoms with van der Waals surface area (Å²) in [6.45, 7) is 6.33. The molecule has 2 aliphatic heterocycles. The molecule has 1 atom stereocenters. The Hall–Kier alpha value is -2.94. The lowest BCUT2D eigenvalue weighted by Crippen LogP contribution is -2.35. The van der Waals surface area contributed by atoms with E-state index in [1.807, 2.05) is 71.6 Å². The third-order valence-corrected chi connectivity index (χ3v) is 7.80. The number of ether oxygens (including phenoxy) is 2. The van der Waals surface area contributed by atoms with Crippen LogP contribution in [0.2, 0.25) is 0 Å². The predicted molar refractivity (Wildman–Crippen MR) is 153 cm³/mol. The molecule has 0 bridgehead atoms. The molecule has 0 spiro atoms. The van der Waals surface area contributed by atoms with Crippen LogP contribution in [-0.4, -0.2) is 50.8 Å². The fourth-order valence-corrected chi connectivity index (χ4v) is 5.61. The summed E-state index contributed by atoms with van der Waals surface area (Å²) in [6.07, 6.45) is 6.92. The molecule has 0 aliphatic carbocycles. The van der Waals surface area contributed by atoms with Crippen molar-refractivity contribution in [2.75, 3.05) is 19.8 Å². The number of benzene rings is 2. The van der Waals surface area contributed by atoms with E-state index in [0.717, 1.165) is 54.1 Å². The van der Waals surface area contributed by atoms with Crippen molar-refractivity contribution < 1.29 is 14.3 Å². The lowest BCUT2D eigenvalue weighted by Gasteiger charge is -2.18. The maximum absolute atomic E-state index is 13.3. The van der Waals surface area contributed by atoms with Gasteiger partial charge in [0.25, 0.3) is 5.91 Å². The molecule has 8 heteroatoms. The molecule has 5 rings (SSSR count). The Balaban J connectivity index is 1.43. The van der Waals surface area contributed by atoms with Gasteiger partial charge in [0.05, 0.1) is 35.5 Å². The molecule has 0 N–H and O–H groups in total. The van der Waals surface area contributed by atoms with Crippen LogP contribution in [0.3, 0.4) is 0 Å². The first-order valence-corrected chi connectivity index (χ1v) is 14.0. The summed E-state index contributed by atoms with van der Waals surface area (Å²) in [5, 5.41) is 4.90. The van der Waals surface area contributed by atoms with E-state index < -0.39 is 0 Å². The normalized spacial score (nSPS) is 18.9. The Morgan fingerprint density at radius 3 is 2.68 bits per heavy atom. The van der Waals surface area contributed by atoms with E-state index in [9.17, 15) is 4.79 Å². The third-order valence-electron chi connectivity index (χ3n) is 6.43. The highest BCUT2D eigenvalue weighted by Gasteiger charge is 2.35. The molecule has 2 fully saturated rings. The maximum Gasteiger partial charge on any atom is 0.266 e. The second kappa shape index (κ2) is 11.6.